The molecule has 3 N–H and O–H groups in total. The minimum absolute atomic E-state index is 0.108. The normalized spacial score (nSPS) is 14.0. The second-order valence-electron chi connectivity index (χ2n) is 32.4. The van der Waals surface area contributed by atoms with Crippen molar-refractivity contribution in [2.24, 2.45) is 11.8 Å². The van der Waals surface area contributed by atoms with E-state index >= 15 is 0 Å². The van der Waals surface area contributed by atoms with E-state index in [1.54, 1.807) is 0 Å². The summed E-state index contributed by atoms with van der Waals surface area (Å²) in [5.41, 5.74) is 0. The van der Waals surface area contributed by atoms with Gasteiger partial charge >= 0.3 is 39.5 Å². The number of phosphoric ester groups is 2. The van der Waals surface area contributed by atoms with E-state index in [2.05, 4.69) is 41.5 Å². The molecule has 636 valence electrons. The first kappa shape index (κ1) is 105. The van der Waals surface area contributed by atoms with Crippen LogP contribution in [0.1, 0.15) is 472 Å². The van der Waals surface area contributed by atoms with Crippen LogP contribution in [0.3, 0.4) is 0 Å². The van der Waals surface area contributed by atoms with Gasteiger partial charge in [-0.3, -0.25) is 37.3 Å². The summed E-state index contributed by atoms with van der Waals surface area (Å²) in [5.74, 6) is -0.505. The Morgan fingerprint density at radius 3 is 0.710 bits per heavy atom. The molecule has 0 aromatic rings. The molecular weight excluding hydrogens is 1390 g/mol. The van der Waals surface area contributed by atoms with Gasteiger partial charge in [0.05, 0.1) is 26.4 Å². The molecule has 0 rings (SSSR count). The Labute approximate surface area is 658 Å². The quantitative estimate of drug-likeness (QED) is 0.0222. The number of hydrogen-bond donors (Lipinski definition) is 3. The van der Waals surface area contributed by atoms with Gasteiger partial charge in [0.15, 0.2) is 12.2 Å². The average Bonchev–Trinajstić information content (AvgIpc) is 0.897. The highest BCUT2D eigenvalue weighted by atomic mass is 31.2. The number of ether oxygens (including phenoxy) is 4. The fourth-order valence-electron chi connectivity index (χ4n) is 13.7. The fourth-order valence-corrected chi connectivity index (χ4v) is 15.3. The second-order valence-corrected chi connectivity index (χ2v) is 35.3. The van der Waals surface area contributed by atoms with Gasteiger partial charge in [-0.2, -0.15) is 0 Å². The van der Waals surface area contributed by atoms with Crippen LogP contribution in [0.5, 0.6) is 0 Å². The van der Waals surface area contributed by atoms with Crippen LogP contribution in [0.4, 0.5) is 0 Å². The number of carbonyl (C=O) groups excluding carboxylic acids is 4. The minimum Gasteiger partial charge on any atom is -0.462 e. The Hall–Kier alpha value is -1.94. The lowest BCUT2D eigenvalue weighted by Gasteiger charge is -2.21. The third-order valence-electron chi connectivity index (χ3n) is 21.1. The molecule has 0 fully saturated rings. The molecule has 0 amide bonds. The molecule has 0 aliphatic carbocycles. The van der Waals surface area contributed by atoms with Gasteiger partial charge in [-0.15, -0.1) is 0 Å². The van der Waals surface area contributed by atoms with E-state index in [0.29, 0.717) is 25.7 Å². The number of phosphoric acid groups is 2. The van der Waals surface area contributed by atoms with Gasteiger partial charge in [0.2, 0.25) is 0 Å². The summed E-state index contributed by atoms with van der Waals surface area (Å²) in [4.78, 5) is 73.3. The molecule has 3 unspecified atom stereocenters. The second kappa shape index (κ2) is 79.3. The van der Waals surface area contributed by atoms with Gasteiger partial charge in [0.25, 0.3) is 0 Å². The van der Waals surface area contributed by atoms with E-state index in [9.17, 15) is 43.2 Å². The summed E-state index contributed by atoms with van der Waals surface area (Å²) in [5, 5.41) is 10.7. The molecule has 0 aliphatic heterocycles. The molecule has 0 aliphatic rings. The van der Waals surface area contributed by atoms with Crippen LogP contribution in [-0.4, -0.2) is 96.7 Å². The molecule has 0 bridgehead atoms. The van der Waals surface area contributed by atoms with Crippen molar-refractivity contribution in [3.05, 3.63) is 0 Å². The van der Waals surface area contributed by atoms with Crippen molar-refractivity contribution in [1.82, 2.24) is 0 Å². The number of esters is 4. The third kappa shape index (κ3) is 80.5. The van der Waals surface area contributed by atoms with E-state index in [0.717, 1.165) is 102 Å². The van der Waals surface area contributed by atoms with Crippen molar-refractivity contribution in [3.63, 3.8) is 0 Å². The maximum absolute atomic E-state index is 13.2. The standard InChI is InChI=1S/C88H172O17P2/c1-7-10-12-14-16-18-20-22-24-26-27-28-30-32-38-42-48-55-61-67-73-87(92)104-83(76-98-85(90)70-64-58-52-46-40-36-34-33-35-39-45-51-57-63-69-81(6)9-3)78-102-106(94,95)100-74-82(89)75-101-107(96,97)103-79-84(77-99-86(91)71-65-59-53-49-43-44-50-56-62-68-80(4)5)105-88(93)72-66-60-54-47-41-37-31-29-25-23-21-19-17-15-13-11-8-2/h80-84,89H,7-79H2,1-6H3,(H,94,95)(H,96,97)/t81?,82-,83-,84-/m1/s1. The summed E-state index contributed by atoms with van der Waals surface area (Å²) in [6.07, 6.45) is 72.1. The molecule has 19 heteroatoms. The van der Waals surface area contributed by atoms with Crippen molar-refractivity contribution in [2.45, 2.75) is 490 Å². The van der Waals surface area contributed by atoms with Gasteiger partial charge in [0, 0.05) is 25.7 Å². The SMILES string of the molecule is CCCCCCCCCCCCCCCCCCCCCCC(=O)O[C@H](COC(=O)CCCCCCCCCCCCCCCCC(C)CC)COP(=O)(O)OC[C@@H](O)COP(=O)(O)OC[C@@H](COC(=O)CCCCCCCCCCCC(C)C)OC(=O)CCCCCCCCCCCCCCCCCCC. The number of rotatable bonds is 87. The molecule has 0 aromatic carbocycles. The van der Waals surface area contributed by atoms with Gasteiger partial charge in [-0.25, -0.2) is 9.13 Å². The number of hydrogen-bond acceptors (Lipinski definition) is 15. The average molecular weight is 1560 g/mol. The fraction of sp³-hybridized carbons (Fsp3) is 0.955. The van der Waals surface area contributed by atoms with E-state index in [4.69, 9.17) is 37.0 Å². The van der Waals surface area contributed by atoms with Crippen LogP contribution in [-0.2, 0) is 65.4 Å². The van der Waals surface area contributed by atoms with Crippen LogP contribution in [0.2, 0.25) is 0 Å². The summed E-state index contributed by atoms with van der Waals surface area (Å²) >= 11 is 0. The molecule has 0 saturated heterocycles. The Morgan fingerprint density at radius 1 is 0.271 bits per heavy atom. The highest BCUT2D eigenvalue weighted by Crippen LogP contribution is 2.45. The lowest BCUT2D eigenvalue weighted by Crippen LogP contribution is -2.30. The topological polar surface area (TPSA) is 237 Å². The predicted molar refractivity (Wildman–Crippen MR) is 442 cm³/mol. The van der Waals surface area contributed by atoms with Crippen LogP contribution in [0.15, 0.2) is 0 Å². The van der Waals surface area contributed by atoms with Gasteiger partial charge in [-0.05, 0) is 37.5 Å². The van der Waals surface area contributed by atoms with Gasteiger partial charge in [0.1, 0.15) is 19.3 Å². The summed E-state index contributed by atoms with van der Waals surface area (Å²) in [6, 6.07) is 0. The number of aliphatic hydroxyl groups is 1. The molecule has 0 spiro atoms. The number of unbranched alkanes of at least 4 members (excludes halogenated alkanes) is 56. The summed E-state index contributed by atoms with van der Waals surface area (Å²) < 4.78 is 69.0. The molecule has 0 radical (unpaired) electrons. The van der Waals surface area contributed by atoms with Crippen molar-refractivity contribution < 1.29 is 80.2 Å². The Kier molecular flexibility index (Phi) is 77.9. The van der Waals surface area contributed by atoms with Crippen molar-refractivity contribution in [1.29, 1.82) is 0 Å². The highest BCUT2D eigenvalue weighted by molar-refractivity contribution is 7.47. The smallest absolute Gasteiger partial charge is 0.462 e. The molecule has 17 nitrogen and oxygen atoms in total. The summed E-state index contributed by atoms with van der Waals surface area (Å²) in [7, 11) is -9.93. The third-order valence-corrected chi connectivity index (χ3v) is 23.0. The van der Waals surface area contributed by atoms with E-state index in [1.165, 1.54) is 289 Å². The van der Waals surface area contributed by atoms with Gasteiger partial charge < -0.3 is 33.8 Å². The molecule has 0 heterocycles. The largest absolute Gasteiger partial charge is 0.472 e. The first-order chi connectivity index (χ1) is 51.9. The maximum Gasteiger partial charge on any atom is 0.472 e. The molecular formula is C88H172O17P2. The zero-order valence-electron chi connectivity index (χ0n) is 70.5. The van der Waals surface area contributed by atoms with E-state index in [1.807, 2.05) is 0 Å². The van der Waals surface area contributed by atoms with Crippen LogP contribution < -0.4 is 0 Å². The van der Waals surface area contributed by atoms with Crippen molar-refractivity contribution in [3.8, 4) is 0 Å². The summed E-state index contributed by atoms with van der Waals surface area (Å²) in [6.45, 7) is 9.73. The van der Waals surface area contributed by atoms with E-state index in [-0.39, 0.29) is 25.7 Å². The monoisotopic (exact) mass is 1560 g/mol. The Morgan fingerprint density at radius 2 is 0.477 bits per heavy atom. The number of aliphatic hydroxyl groups excluding tert-OH is 1. The first-order valence-electron chi connectivity index (χ1n) is 45.5. The number of carbonyl (C=O) groups is 4. The zero-order valence-corrected chi connectivity index (χ0v) is 72.2. The first-order valence-corrected chi connectivity index (χ1v) is 48.5. The highest BCUT2D eigenvalue weighted by Gasteiger charge is 2.31. The lowest BCUT2D eigenvalue weighted by atomic mass is 9.99. The molecule has 0 aromatic heterocycles. The lowest BCUT2D eigenvalue weighted by molar-refractivity contribution is -0.161. The Bertz CT molecular complexity index is 2050. The Balaban J connectivity index is 5.26. The molecule has 6 atom stereocenters. The zero-order chi connectivity index (χ0) is 78.5. The van der Waals surface area contributed by atoms with Crippen molar-refractivity contribution >= 4 is 39.5 Å². The maximum atomic E-state index is 13.2. The predicted octanol–water partition coefficient (Wildman–Crippen LogP) is 27.0. The van der Waals surface area contributed by atoms with Crippen LogP contribution >= 0.6 is 15.6 Å². The van der Waals surface area contributed by atoms with Gasteiger partial charge in [-0.1, -0.05) is 420 Å². The molecule has 107 heavy (non-hydrogen) atoms. The van der Waals surface area contributed by atoms with Crippen LogP contribution in [0.25, 0.3) is 0 Å². The van der Waals surface area contributed by atoms with Crippen molar-refractivity contribution in [2.75, 3.05) is 39.6 Å². The molecule has 0 saturated carbocycles. The minimum atomic E-state index is -4.97. The van der Waals surface area contributed by atoms with Crippen LogP contribution in [0, 0.1) is 11.8 Å². The van der Waals surface area contributed by atoms with E-state index < -0.39 is 97.5 Å².